The Morgan fingerprint density at radius 3 is 2.38 bits per heavy atom. The lowest BCUT2D eigenvalue weighted by atomic mass is 10.2. The Hall–Kier alpha value is -2.13. The Kier molecular flexibility index (Phi) is 5.19. The number of hydrogen-bond donors (Lipinski definition) is 0. The summed E-state index contributed by atoms with van der Waals surface area (Å²) in [5.74, 6) is 1.39. The summed E-state index contributed by atoms with van der Waals surface area (Å²) in [6.07, 6.45) is 0. The third kappa shape index (κ3) is 3.54. The fourth-order valence-corrected chi connectivity index (χ4v) is 4.51. The zero-order chi connectivity index (χ0) is 18.9. The predicted octanol–water partition coefficient (Wildman–Crippen LogP) is 2.02. The monoisotopic (exact) mass is 380 g/mol. The summed E-state index contributed by atoms with van der Waals surface area (Å²) in [4.78, 5) is 2.23. The maximum absolute atomic E-state index is 13.0. The molecule has 1 aromatic carbocycles. The van der Waals surface area contributed by atoms with Crippen LogP contribution in [-0.2, 0) is 10.0 Å². The van der Waals surface area contributed by atoms with Crippen LogP contribution in [-0.4, -0.2) is 56.2 Å². The van der Waals surface area contributed by atoms with Crippen LogP contribution in [0.25, 0.3) is 0 Å². The van der Waals surface area contributed by atoms with Gasteiger partial charge in [0, 0.05) is 32.1 Å². The summed E-state index contributed by atoms with van der Waals surface area (Å²) < 4.78 is 38.2. The molecule has 0 aliphatic carbocycles. The van der Waals surface area contributed by atoms with Gasteiger partial charge in [-0.1, -0.05) is 18.9 Å². The van der Waals surface area contributed by atoms with Gasteiger partial charge in [-0.15, -0.1) is 5.10 Å². The van der Waals surface area contributed by atoms with Crippen LogP contribution in [0.15, 0.2) is 27.5 Å². The minimum Gasteiger partial charge on any atom is -0.497 e. The van der Waals surface area contributed by atoms with Crippen LogP contribution in [0, 0.1) is 6.92 Å². The summed E-state index contributed by atoms with van der Waals surface area (Å²) >= 11 is 0. The van der Waals surface area contributed by atoms with Crippen molar-refractivity contribution in [1.82, 2.24) is 14.5 Å². The molecule has 8 nitrogen and oxygen atoms in total. The number of hydrogen-bond acceptors (Lipinski definition) is 7. The quantitative estimate of drug-likeness (QED) is 0.784. The van der Waals surface area contributed by atoms with Gasteiger partial charge in [-0.25, -0.2) is 8.42 Å². The van der Waals surface area contributed by atoms with Gasteiger partial charge < -0.3 is 14.1 Å². The minimum atomic E-state index is -3.55. The van der Waals surface area contributed by atoms with Crippen molar-refractivity contribution in [1.29, 1.82) is 0 Å². The molecule has 9 heteroatoms. The standard InChI is InChI=1S/C17H24N4O4S/c1-12(2)16-18-19-17(25-16)20-7-9-21(10-8-20)26(22,23)15-6-5-14(24-4)11-13(15)3/h5-6,11-12H,7-10H2,1-4H3. The third-order valence-electron chi connectivity index (χ3n) is 4.43. The molecule has 0 amide bonds. The average molecular weight is 380 g/mol. The second-order valence-electron chi connectivity index (χ2n) is 6.60. The van der Waals surface area contributed by atoms with Gasteiger partial charge in [0.1, 0.15) is 5.75 Å². The Morgan fingerprint density at radius 1 is 1.15 bits per heavy atom. The van der Waals surface area contributed by atoms with Crippen molar-refractivity contribution in [3.8, 4) is 5.75 Å². The molecule has 1 aliphatic rings. The molecule has 142 valence electrons. The maximum Gasteiger partial charge on any atom is 0.318 e. The fourth-order valence-electron chi connectivity index (χ4n) is 2.88. The summed E-state index contributed by atoms with van der Waals surface area (Å²) in [6.45, 7) is 7.50. The van der Waals surface area contributed by atoms with E-state index in [1.165, 1.54) is 4.31 Å². The van der Waals surface area contributed by atoms with Gasteiger partial charge in [0.25, 0.3) is 0 Å². The van der Waals surface area contributed by atoms with E-state index in [1.54, 1.807) is 32.2 Å². The molecule has 1 aliphatic heterocycles. The van der Waals surface area contributed by atoms with Gasteiger partial charge in [0.05, 0.1) is 12.0 Å². The van der Waals surface area contributed by atoms with Crippen molar-refractivity contribution >= 4 is 16.0 Å². The van der Waals surface area contributed by atoms with E-state index in [1.807, 2.05) is 18.7 Å². The van der Waals surface area contributed by atoms with Crippen LogP contribution in [0.4, 0.5) is 6.01 Å². The topological polar surface area (TPSA) is 88.8 Å². The van der Waals surface area contributed by atoms with E-state index in [0.29, 0.717) is 54.3 Å². The first-order valence-electron chi connectivity index (χ1n) is 8.56. The summed E-state index contributed by atoms with van der Waals surface area (Å²) in [5.41, 5.74) is 0.672. The molecular formula is C17H24N4O4S. The zero-order valence-corrected chi connectivity index (χ0v) is 16.3. The molecule has 2 aromatic rings. The van der Waals surface area contributed by atoms with Crippen molar-refractivity contribution in [2.24, 2.45) is 0 Å². The zero-order valence-electron chi connectivity index (χ0n) is 15.5. The molecule has 26 heavy (non-hydrogen) atoms. The van der Waals surface area contributed by atoms with Gasteiger partial charge in [-0.2, -0.15) is 4.31 Å². The number of rotatable bonds is 5. The van der Waals surface area contributed by atoms with Crippen LogP contribution >= 0.6 is 0 Å². The maximum atomic E-state index is 13.0. The predicted molar refractivity (Wildman–Crippen MR) is 97.1 cm³/mol. The molecule has 0 bridgehead atoms. The summed E-state index contributed by atoms with van der Waals surface area (Å²) in [6, 6.07) is 5.45. The molecule has 1 saturated heterocycles. The van der Waals surface area contributed by atoms with Crippen LogP contribution in [0.1, 0.15) is 31.2 Å². The average Bonchev–Trinajstić information content (AvgIpc) is 3.12. The lowest BCUT2D eigenvalue weighted by Gasteiger charge is -2.33. The third-order valence-corrected chi connectivity index (χ3v) is 6.49. The Morgan fingerprint density at radius 2 is 1.85 bits per heavy atom. The number of methoxy groups -OCH3 is 1. The van der Waals surface area contributed by atoms with Gasteiger partial charge in [0.2, 0.25) is 15.9 Å². The number of ether oxygens (including phenoxy) is 1. The summed E-state index contributed by atoms with van der Waals surface area (Å²) in [7, 11) is -1.99. The molecule has 1 aromatic heterocycles. The lowest BCUT2D eigenvalue weighted by Crippen LogP contribution is -2.48. The number of aryl methyl sites for hydroxylation is 1. The fraction of sp³-hybridized carbons (Fsp3) is 0.529. The SMILES string of the molecule is COc1ccc(S(=O)(=O)N2CCN(c3nnc(C(C)C)o3)CC2)c(C)c1. The van der Waals surface area contributed by atoms with Crippen molar-refractivity contribution in [2.45, 2.75) is 31.6 Å². The Bertz CT molecular complexity index is 871. The van der Waals surface area contributed by atoms with E-state index >= 15 is 0 Å². The second kappa shape index (κ2) is 7.24. The number of nitrogens with zero attached hydrogens (tertiary/aromatic N) is 4. The molecular weight excluding hydrogens is 356 g/mol. The van der Waals surface area contributed by atoms with E-state index in [-0.39, 0.29) is 5.92 Å². The first-order chi connectivity index (χ1) is 12.3. The van der Waals surface area contributed by atoms with Gasteiger partial charge in [0.15, 0.2) is 0 Å². The van der Waals surface area contributed by atoms with E-state index in [2.05, 4.69) is 10.2 Å². The summed E-state index contributed by atoms with van der Waals surface area (Å²) in [5, 5.41) is 8.10. The first-order valence-corrected chi connectivity index (χ1v) is 10.00. The number of sulfonamides is 1. The van der Waals surface area contributed by atoms with Crippen LogP contribution in [0.3, 0.4) is 0 Å². The van der Waals surface area contributed by atoms with Crippen molar-refractivity contribution in [3.63, 3.8) is 0 Å². The van der Waals surface area contributed by atoms with Crippen LogP contribution < -0.4 is 9.64 Å². The second-order valence-corrected chi connectivity index (χ2v) is 8.51. The Labute approximate surface area is 153 Å². The molecule has 0 atom stereocenters. The van der Waals surface area contributed by atoms with E-state index < -0.39 is 10.0 Å². The number of benzene rings is 1. The molecule has 0 N–H and O–H groups in total. The smallest absolute Gasteiger partial charge is 0.318 e. The molecule has 0 saturated carbocycles. The molecule has 0 radical (unpaired) electrons. The van der Waals surface area contributed by atoms with E-state index in [0.717, 1.165) is 0 Å². The highest BCUT2D eigenvalue weighted by Crippen LogP contribution is 2.26. The normalized spacial score (nSPS) is 16.3. The van der Waals surface area contributed by atoms with E-state index in [9.17, 15) is 8.42 Å². The molecule has 0 spiro atoms. The minimum absolute atomic E-state index is 0.163. The lowest BCUT2D eigenvalue weighted by molar-refractivity contribution is 0.367. The van der Waals surface area contributed by atoms with Crippen LogP contribution in [0.5, 0.6) is 5.75 Å². The molecule has 0 unspecified atom stereocenters. The highest BCUT2D eigenvalue weighted by Gasteiger charge is 2.31. The van der Waals surface area contributed by atoms with Crippen LogP contribution in [0.2, 0.25) is 0 Å². The highest BCUT2D eigenvalue weighted by atomic mass is 32.2. The number of aromatic nitrogens is 2. The van der Waals surface area contributed by atoms with Crippen molar-refractivity contribution < 1.29 is 17.6 Å². The molecule has 1 fully saturated rings. The number of anilines is 1. The molecule has 3 rings (SSSR count). The highest BCUT2D eigenvalue weighted by molar-refractivity contribution is 7.89. The number of piperazine rings is 1. The van der Waals surface area contributed by atoms with Gasteiger partial charge in [-0.3, -0.25) is 0 Å². The Balaban J connectivity index is 1.72. The first kappa shape index (κ1) is 18.7. The van der Waals surface area contributed by atoms with Gasteiger partial charge in [-0.05, 0) is 30.7 Å². The largest absolute Gasteiger partial charge is 0.497 e. The molecule has 2 heterocycles. The van der Waals surface area contributed by atoms with Crippen molar-refractivity contribution in [2.75, 3.05) is 38.2 Å². The van der Waals surface area contributed by atoms with E-state index in [4.69, 9.17) is 9.15 Å². The van der Waals surface area contributed by atoms with Gasteiger partial charge >= 0.3 is 6.01 Å². The van der Waals surface area contributed by atoms with Crippen molar-refractivity contribution in [3.05, 3.63) is 29.7 Å².